The number of amidine groups is 2. The van der Waals surface area contributed by atoms with E-state index < -0.39 is 35.3 Å². The van der Waals surface area contributed by atoms with E-state index in [1.807, 2.05) is 143 Å². The van der Waals surface area contributed by atoms with Crippen molar-refractivity contribution in [1.29, 1.82) is 0 Å². The third-order valence-electron chi connectivity index (χ3n) is 8.85. The number of amides is 4. The lowest BCUT2D eigenvalue weighted by Gasteiger charge is -2.21. The van der Waals surface area contributed by atoms with E-state index in [0.29, 0.717) is 5.41 Å². The van der Waals surface area contributed by atoms with Gasteiger partial charge in [0.2, 0.25) is 15.9 Å². The molecule has 0 radical (unpaired) electrons. The summed E-state index contributed by atoms with van der Waals surface area (Å²) in [4.78, 5) is 67.1. The Morgan fingerprint density at radius 1 is 0.613 bits per heavy atom. The first-order valence-electron chi connectivity index (χ1n) is 33.9. The van der Waals surface area contributed by atoms with Crippen molar-refractivity contribution in [2.75, 3.05) is 192 Å². The highest BCUT2D eigenvalue weighted by atomic mass is 32.2. The maximum absolute atomic E-state index is 10.3. The number of ether oxygens (including phenoxy) is 3. The largest absolute Gasteiger partial charge is 0.469 e. The number of ketones is 1. The Bertz CT molecular complexity index is 2030. The average molecular weight is 1640 g/mol. The molecular weight excluding hydrogens is 1460 g/mol. The zero-order valence-corrected chi connectivity index (χ0v) is 79.4. The number of alkyl carbamates (subject to hydrolysis) is 1. The number of benzene rings is 1. The SMILES string of the molecule is C.C.C.C.C1CCCCC1.CC.CC.CC(=O)N(C)C.CC(C)(C)C.CC(C)=O.CC1=NCCCN1C.CC1=NCCN1C.CC=CC.CN(C)C.CN(C)S(C)(=O)=O.CNC(=O)NC.CNC(=O)OC.COC.COC(C)=O.COS(C)=O.CSC.CSC(=S)N(C)C.C[Si](C)(C)C.Cc1ccccc1. The molecule has 2 heterocycles. The van der Waals surface area contributed by atoms with Gasteiger partial charge in [0.05, 0.1) is 45.8 Å². The lowest BCUT2D eigenvalue weighted by Crippen LogP contribution is -2.29. The minimum Gasteiger partial charge on any atom is -0.469 e. The monoisotopic (exact) mass is 1640 g/mol. The van der Waals surface area contributed by atoms with E-state index in [9.17, 15) is 36.6 Å². The van der Waals surface area contributed by atoms with Crippen LogP contribution in [-0.4, -0.2) is 287 Å². The number of aliphatic imine (C=N–C) groups is 2. The predicted molar refractivity (Wildman–Crippen MR) is 494 cm³/mol. The van der Waals surface area contributed by atoms with Gasteiger partial charge in [-0.15, -0.1) is 11.8 Å². The van der Waals surface area contributed by atoms with Crippen molar-refractivity contribution < 1.29 is 55.0 Å². The number of hydrogen-bond acceptors (Lipinski definition) is 20. The van der Waals surface area contributed by atoms with E-state index in [1.165, 1.54) is 150 Å². The fraction of sp³-hybridized carbons (Fsp3) is 0.792. The summed E-state index contributed by atoms with van der Waals surface area (Å²) in [7, 11) is 28.9. The van der Waals surface area contributed by atoms with Gasteiger partial charge in [0.25, 0.3) is 0 Å². The standard InChI is InChI=1S/C7H8.C6H12N2.C6H12.C5H10N2.C5H12.C4H9NO.C4H9NS2.C4H12Si.C4H8.C3H8N2O.C3H9NO2S.C3H7NO2.C3H9N.C3H6O2.C3H6O.C2H6O2S.C2H6O.C2H6S.2C2H6.4CH4/c1-7-5-3-2-4-6-7;1-6-7-4-3-5-8(6)2;1-2-4-6-5-3-1;1-5-6-3-4-7(5)2;1-5(2,3)4;1-4(6)5(2)3;1-5(2)4(6)7-3;1-5(2,3)4;1-3-4-2;1-4-3(6)5-2;1-4(2)7(3,5)6;1-4-3(5)6-2;1-4(2)3;1-3(4)5-2;1-3(2)4;1-4-5(2)3;2*1-3-2;2*1-2;;;;/h2-6H,1H3;3-5H2,1-2H3;1-6H2;3-4H2,1-2H3;1-4H3;1-3H3;1-3H3;1-4H3;3-4H,1-2H3;1-2H3,(H2,4,5,6);1-3H3;1-2H3,(H,4,5);1-3H3;1-2H3;1-2H3;1-2H3;2*1-2H3;2*1-2H3;4*1H4. The van der Waals surface area contributed by atoms with Gasteiger partial charge in [-0.3, -0.25) is 23.8 Å². The van der Waals surface area contributed by atoms with Crippen molar-refractivity contribution in [3.63, 3.8) is 0 Å². The van der Waals surface area contributed by atoms with E-state index >= 15 is 0 Å². The average Bonchev–Trinajstić information content (AvgIpc) is 1.53. The number of sulfonamides is 1. The molecule has 1 aromatic carbocycles. The van der Waals surface area contributed by atoms with Crippen LogP contribution in [0.25, 0.3) is 0 Å². The predicted octanol–water partition coefficient (Wildman–Crippen LogP) is 18.0. The quantitative estimate of drug-likeness (QED) is 0.108. The molecule has 3 aliphatic rings. The van der Waals surface area contributed by atoms with Gasteiger partial charge in [-0.25, -0.2) is 26.5 Å². The molecule has 3 N–H and O–H groups in total. The first-order valence-corrected chi connectivity index (χ1v) is 44.5. The third-order valence-corrected chi connectivity index (χ3v) is 12.2. The second kappa shape index (κ2) is 122. The number of nitrogens with one attached hydrogen (secondary N) is 3. The maximum Gasteiger partial charge on any atom is 0.406 e. The van der Waals surface area contributed by atoms with Gasteiger partial charge < -0.3 is 59.5 Å². The number of aryl methyl sites for hydroxylation is 1. The van der Waals surface area contributed by atoms with Gasteiger partial charge in [0.1, 0.15) is 10.1 Å². The van der Waals surface area contributed by atoms with Gasteiger partial charge in [-0.2, -0.15) is 11.8 Å². The molecule has 1 unspecified atom stereocenters. The van der Waals surface area contributed by atoms with E-state index in [-0.39, 0.29) is 53.4 Å². The summed E-state index contributed by atoms with van der Waals surface area (Å²) >= 11 is 7.14. The summed E-state index contributed by atoms with van der Waals surface area (Å²) in [6.45, 7) is 46.5. The molecule has 0 saturated heterocycles. The highest BCUT2D eigenvalue weighted by molar-refractivity contribution is 8.22. The summed E-state index contributed by atoms with van der Waals surface area (Å²) in [5.74, 6) is 2.36. The fourth-order valence-electron chi connectivity index (χ4n) is 3.48. The number of thiocarbonyl (C=S) groups is 1. The highest BCUT2D eigenvalue weighted by Crippen LogP contribution is 2.15. The first kappa shape index (κ1) is 155. The molecular formula is C77H183N11O12S5Si. The number of urea groups is 1. The molecule has 1 saturated carbocycles. The maximum atomic E-state index is 10.3. The van der Waals surface area contributed by atoms with Gasteiger partial charge in [0, 0.05) is 140 Å². The second-order valence-electron chi connectivity index (χ2n) is 24.7. The molecule has 0 bridgehead atoms. The molecule has 4 amide bonds. The molecule has 1 aliphatic carbocycles. The van der Waals surface area contributed by atoms with Crippen LogP contribution in [-0.2, 0) is 53.9 Å². The Balaban J connectivity index is -0.0000000410. The van der Waals surface area contributed by atoms with Crippen LogP contribution in [0.4, 0.5) is 9.59 Å². The van der Waals surface area contributed by atoms with Crippen molar-refractivity contribution >= 4 is 111 Å². The smallest absolute Gasteiger partial charge is 0.406 e. The number of allylic oxidation sites excluding steroid dienone is 2. The van der Waals surface area contributed by atoms with E-state index in [4.69, 9.17) is 12.2 Å². The minimum atomic E-state index is -2.91. The van der Waals surface area contributed by atoms with Crippen LogP contribution < -0.4 is 16.0 Å². The van der Waals surface area contributed by atoms with Crippen molar-refractivity contribution in [2.45, 2.75) is 219 Å². The molecule has 4 rings (SSSR count). The zero-order valence-electron chi connectivity index (χ0n) is 74.3. The van der Waals surface area contributed by atoms with Crippen LogP contribution in [0.2, 0.25) is 26.2 Å². The molecule has 1 aromatic rings. The Kier molecular flexibility index (Phi) is 178. The zero-order chi connectivity index (χ0) is 85.2. The van der Waals surface area contributed by atoms with Gasteiger partial charge in [-0.05, 0) is 100 Å². The number of carbonyl (C=O) groups is 5. The first-order chi connectivity index (χ1) is 46.6. The summed E-state index contributed by atoms with van der Waals surface area (Å²) in [5, 5.41) is 6.98. The summed E-state index contributed by atoms with van der Waals surface area (Å²) in [5.41, 5.74) is 1.82. The molecule has 29 heteroatoms. The summed E-state index contributed by atoms with van der Waals surface area (Å²) < 4.78 is 49.0. The molecule has 23 nitrogen and oxygen atoms in total. The number of Topliss-reactive ketones (excluding diaryl/α,β-unsaturated/α-hetero) is 1. The van der Waals surface area contributed by atoms with E-state index in [0.717, 1.165) is 34.5 Å². The summed E-state index contributed by atoms with van der Waals surface area (Å²) in [6.07, 6.45) is 22.5. The molecule has 2 aliphatic heterocycles. The van der Waals surface area contributed by atoms with Gasteiger partial charge in [0.15, 0.2) is 11.1 Å². The molecule has 106 heavy (non-hydrogen) atoms. The minimum absolute atomic E-state index is 0. The fourth-order valence-corrected chi connectivity index (χ4v) is 3.85. The number of esters is 1. The lowest BCUT2D eigenvalue weighted by atomic mass is 10.0. The van der Waals surface area contributed by atoms with Crippen LogP contribution in [0, 0.1) is 12.3 Å². The molecule has 0 aromatic heterocycles. The van der Waals surface area contributed by atoms with Crippen LogP contribution in [0.1, 0.15) is 191 Å². The Morgan fingerprint density at radius 2 is 0.858 bits per heavy atom. The van der Waals surface area contributed by atoms with Crippen molar-refractivity contribution in [3.05, 3.63) is 48.0 Å². The molecule has 0 spiro atoms. The van der Waals surface area contributed by atoms with Gasteiger partial charge in [-0.1, -0.05) is 210 Å². The highest BCUT2D eigenvalue weighted by Gasteiger charge is 2.05. The second-order valence-corrected chi connectivity index (χ2v) is 36.3. The van der Waals surface area contributed by atoms with Crippen LogP contribution in [0.15, 0.2) is 52.5 Å². The number of likely N-dealkylation sites (N-methyl/N-ethyl adjacent to an activating group) is 1. The molecule has 652 valence electrons. The number of thioether (sulfide) groups is 2. The van der Waals surface area contributed by atoms with Crippen LogP contribution in [0.5, 0.6) is 0 Å². The Hall–Kier alpha value is -4.20. The third kappa shape index (κ3) is 272. The van der Waals surface area contributed by atoms with E-state index in [1.54, 1.807) is 65.9 Å². The van der Waals surface area contributed by atoms with E-state index in [2.05, 4.69) is 148 Å². The van der Waals surface area contributed by atoms with Gasteiger partial charge >= 0.3 is 18.1 Å². The molecule has 1 fully saturated rings. The van der Waals surface area contributed by atoms with Crippen LogP contribution >= 0.6 is 35.7 Å². The number of carbonyl (C=O) groups excluding carboxylic acids is 5. The number of hydrogen-bond donors (Lipinski definition) is 3. The summed E-state index contributed by atoms with van der Waals surface area (Å²) in [6, 6.07) is 10.1. The number of rotatable bonds is 2. The Morgan fingerprint density at radius 3 is 0.925 bits per heavy atom. The van der Waals surface area contributed by atoms with Crippen molar-refractivity contribution in [1.82, 2.24) is 44.8 Å². The molecule has 1 atom stereocenters. The normalized spacial score (nSPS) is 11.0. The topological polar surface area (TPSA) is 254 Å². The number of methoxy groups -OCH3 is 3. The number of nitrogens with zero attached hydrogens (tertiary/aromatic N) is 8. The Labute approximate surface area is 679 Å². The van der Waals surface area contributed by atoms with Crippen molar-refractivity contribution in [2.24, 2.45) is 15.4 Å². The lowest BCUT2D eigenvalue weighted by molar-refractivity contribution is -0.138. The van der Waals surface area contributed by atoms with Crippen LogP contribution in [0.3, 0.4) is 0 Å². The van der Waals surface area contributed by atoms with Crippen molar-refractivity contribution in [3.8, 4) is 0 Å².